The van der Waals surface area contributed by atoms with E-state index in [-0.39, 0.29) is 0 Å². The topological polar surface area (TPSA) is 33.1 Å². The van der Waals surface area contributed by atoms with Crippen LogP contribution in [0.3, 0.4) is 0 Å². The molecule has 0 saturated carbocycles. The lowest BCUT2D eigenvalue weighted by molar-refractivity contribution is 0.306. The summed E-state index contributed by atoms with van der Waals surface area (Å²) < 4.78 is 2.60. The minimum absolute atomic E-state index is 0.733. The van der Waals surface area contributed by atoms with Crippen LogP contribution in [0.2, 0.25) is 0 Å². The minimum Gasteiger partial charge on any atom is -0.363 e. The van der Waals surface area contributed by atoms with Crippen LogP contribution in [0.4, 0.5) is 5.13 Å². The molecule has 0 atom stereocenters. The van der Waals surface area contributed by atoms with E-state index in [9.17, 15) is 0 Å². The van der Waals surface area contributed by atoms with Crippen molar-refractivity contribution < 1.29 is 0 Å². The van der Waals surface area contributed by atoms with Crippen molar-refractivity contribution in [2.75, 3.05) is 26.5 Å². The van der Waals surface area contributed by atoms with Gasteiger partial charge in [0, 0.05) is 7.05 Å². The van der Waals surface area contributed by atoms with Crippen molar-refractivity contribution in [3.63, 3.8) is 0 Å². The normalized spacial score (nSPS) is 10.7. The third kappa shape index (κ3) is 2.26. The number of hydrogen-bond acceptors (Lipinski definition) is 5. The van der Waals surface area contributed by atoms with Crippen molar-refractivity contribution in [1.29, 1.82) is 0 Å². The van der Waals surface area contributed by atoms with Gasteiger partial charge in [-0.2, -0.15) is 0 Å². The molecule has 1 aromatic rings. The van der Waals surface area contributed by atoms with Gasteiger partial charge in [0.1, 0.15) is 0 Å². The van der Waals surface area contributed by atoms with E-state index in [1.54, 1.807) is 4.68 Å². The summed E-state index contributed by atoms with van der Waals surface area (Å²) in [6.45, 7) is 0.733. The molecular formula is C6H12N4S2. The van der Waals surface area contributed by atoms with Gasteiger partial charge in [0.15, 0.2) is 3.95 Å². The molecule has 0 saturated heterocycles. The summed E-state index contributed by atoms with van der Waals surface area (Å²) in [6.07, 6.45) is 0. The van der Waals surface area contributed by atoms with Gasteiger partial charge in [-0.1, -0.05) is 11.3 Å². The predicted molar refractivity (Wildman–Crippen MR) is 54.2 cm³/mol. The van der Waals surface area contributed by atoms with E-state index in [1.807, 2.05) is 26.0 Å². The molecule has 0 aliphatic carbocycles. The molecule has 0 aromatic carbocycles. The van der Waals surface area contributed by atoms with Gasteiger partial charge in [0.2, 0.25) is 5.13 Å². The Morgan fingerprint density at radius 3 is 2.75 bits per heavy atom. The molecule has 4 nitrogen and oxygen atoms in total. The minimum atomic E-state index is 0.733. The second kappa shape index (κ2) is 3.97. The van der Waals surface area contributed by atoms with Crippen molar-refractivity contribution in [3.05, 3.63) is 3.95 Å². The molecule has 1 rings (SSSR count). The Bertz CT molecular complexity index is 301. The predicted octanol–water partition coefficient (Wildman–Crippen LogP) is 1.23. The largest absolute Gasteiger partial charge is 0.363 e. The number of aromatic nitrogens is 2. The van der Waals surface area contributed by atoms with Crippen LogP contribution in [-0.4, -0.2) is 35.8 Å². The molecule has 0 amide bonds. The maximum Gasteiger partial charge on any atom is 0.204 e. The van der Waals surface area contributed by atoms with Crippen LogP contribution in [0.1, 0.15) is 0 Å². The first-order valence-electron chi connectivity index (χ1n) is 3.54. The third-order valence-corrected chi connectivity index (χ3v) is 2.56. The van der Waals surface area contributed by atoms with Crippen molar-refractivity contribution in [1.82, 2.24) is 14.7 Å². The molecule has 68 valence electrons. The van der Waals surface area contributed by atoms with Gasteiger partial charge in [0.25, 0.3) is 0 Å². The fourth-order valence-corrected chi connectivity index (χ4v) is 1.71. The van der Waals surface area contributed by atoms with Crippen LogP contribution in [0, 0.1) is 3.95 Å². The van der Waals surface area contributed by atoms with Gasteiger partial charge in [-0.25, -0.2) is 4.68 Å². The Morgan fingerprint density at radius 1 is 1.67 bits per heavy atom. The molecular weight excluding hydrogens is 192 g/mol. The van der Waals surface area contributed by atoms with Crippen molar-refractivity contribution in [3.8, 4) is 0 Å². The first-order valence-corrected chi connectivity index (χ1v) is 4.76. The molecule has 6 heteroatoms. The van der Waals surface area contributed by atoms with E-state index >= 15 is 0 Å². The summed E-state index contributed by atoms with van der Waals surface area (Å²) in [5.74, 6) is 0. The lowest BCUT2D eigenvalue weighted by Gasteiger charge is -2.07. The molecule has 0 spiro atoms. The number of anilines is 1. The molecule has 0 bridgehead atoms. The van der Waals surface area contributed by atoms with Gasteiger partial charge < -0.3 is 5.32 Å². The van der Waals surface area contributed by atoms with E-state index in [1.165, 1.54) is 11.3 Å². The summed E-state index contributed by atoms with van der Waals surface area (Å²) in [6, 6.07) is 0. The lowest BCUT2D eigenvalue weighted by Crippen LogP contribution is -2.17. The van der Waals surface area contributed by atoms with Crippen LogP contribution < -0.4 is 5.32 Å². The second-order valence-electron chi connectivity index (χ2n) is 2.64. The highest BCUT2D eigenvalue weighted by molar-refractivity contribution is 7.73. The van der Waals surface area contributed by atoms with Crippen LogP contribution in [0.15, 0.2) is 0 Å². The molecule has 1 heterocycles. The SMILES string of the molecule is CNc1nn(CN(C)C)c(=S)s1. The van der Waals surface area contributed by atoms with Crippen molar-refractivity contribution in [2.24, 2.45) is 0 Å². The number of hydrogen-bond donors (Lipinski definition) is 1. The zero-order valence-corrected chi connectivity index (χ0v) is 9.00. The average Bonchev–Trinajstić information content (AvgIpc) is 2.31. The van der Waals surface area contributed by atoms with Crippen LogP contribution in [0.5, 0.6) is 0 Å². The smallest absolute Gasteiger partial charge is 0.204 e. The third-order valence-electron chi connectivity index (χ3n) is 1.24. The molecule has 0 aliphatic heterocycles. The molecule has 12 heavy (non-hydrogen) atoms. The van der Waals surface area contributed by atoms with Gasteiger partial charge >= 0.3 is 0 Å². The van der Waals surface area contributed by atoms with Gasteiger partial charge in [-0.3, -0.25) is 4.90 Å². The zero-order chi connectivity index (χ0) is 9.14. The Hall–Kier alpha value is -0.460. The highest BCUT2D eigenvalue weighted by atomic mass is 32.1. The first kappa shape index (κ1) is 9.63. The van der Waals surface area contributed by atoms with Crippen LogP contribution in [0.25, 0.3) is 0 Å². The second-order valence-corrected chi connectivity index (χ2v) is 4.27. The fourth-order valence-electron chi connectivity index (χ4n) is 0.765. The quantitative estimate of drug-likeness (QED) is 0.751. The monoisotopic (exact) mass is 204 g/mol. The fraction of sp³-hybridized carbons (Fsp3) is 0.667. The van der Waals surface area contributed by atoms with E-state index in [0.717, 1.165) is 15.8 Å². The van der Waals surface area contributed by atoms with Gasteiger partial charge in [-0.15, -0.1) is 5.10 Å². The number of nitrogens with one attached hydrogen (secondary N) is 1. The summed E-state index contributed by atoms with van der Waals surface area (Å²) in [7, 11) is 5.81. The molecule has 0 unspecified atom stereocenters. The van der Waals surface area contributed by atoms with Gasteiger partial charge in [0.05, 0.1) is 6.67 Å². The summed E-state index contributed by atoms with van der Waals surface area (Å²) in [5, 5.41) is 8.07. The number of rotatable bonds is 3. The molecule has 0 radical (unpaired) electrons. The van der Waals surface area contributed by atoms with Crippen molar-refractivity contribution in [2.45, 2.75) is 6.67 Å². The summed E-state index contributed by atoms with van der Waals surface area (Å²) in [5.41, 5.74) is 0. The number of nitrogens with zero attached hydrogens (tertiary/aromatic N) is 3. The van der Waals surface area contributed by atoms with E-state index in [2.05, 4.69) is 10.4 Å². The Kier molecular flexibility index (Phi) is 3.19. The average molecular weight is 204 g/mol. The van der Waals surface area contributed by atoms with Gasteiger partial charge in [-0.05, 0) is 26.3 Å². The maximum atomic E-state index is 5.11. The highest BCUT2D eigenvalue weighted by Gasteiger charge is 2.01. The zero-order valence-electron chi connectivity index (χ0n) is 7.37. The lowest BCUT2D eigenvalue weighted by atomic mass is 10.9. The molecule has 1 N–H and O–H groups in total. The van der Waals surface area contributed by atoms with Crippen LogP contribution in [-0.2, 0) is 6.67 Å². The Balaban J connectivity index is 2.85. The molecule has 1 aromatic heterocycles. The summed E-state index contributed by atoms with van der Waals surface area (Å²) in [4.78, 5) is 2.02. The first-order chi connectivity index (χ1) is 5.63. The van der Waals surface area contributed by atoms with Crippen LogP contribution >= 0.6 is 23.6 Å². The van der Waals surface area contributed by atoms with Crippen molar-refractivity contribution >= 4 is 28.7 Å². The molecule has 0 aliphatic rings. The Labute approximate surface area is 80.8 Å². The summed E-state index contributed by atoms with van der Waals surface area (Å²) >= 11 is 6.60. The maximum absolute atomic E-state index is 5.11. The highest BCUT2D eigenvalue weighted by Crippen LogP contribution is 2.12. The Morgan fingerprint density at radius 2 is 2.33 bits per heavy atom. The standard InChI is InChI=1S/C6H12N4S2/c1-7-5-8-10(4-9(2)3)6(11)12-5/h4H2,1-3H3,(H,7,8). The van der Waals surface area contributed by atoms with E-state index in [4.69, 9.17) is 12.2 Å². The molecule has 0 fully saturated rings. The van der Waals surface area contributed by atoms with E-state index in [0.29, 0.717) is 0 Å². The van der Waals surface area contributed by atoms with E-state index < -0.39 is 0 Å².